The zero-order valence-electron chi connectivity index (χ0n) is 7.62. The summed E-state index contributed by atoms with van der Waals surface area (Å²) in [6.45, 7) is 4.56. The Hall–Kier alpha value is -0.610. The largest absolute Gasteiger partial charge is 0.469 e. The molecule has 0 radical (unpaired) electrons. The molecule has 70 valence electrons. The van der Waals surface area contributed by atoms with Gasteiger partial charge >= 0.3 is 5.97 Å². The van der Waals surface area contributed by atoms with Crippen molar-refractivity contribution in [3.8, 4) is 0 Å². The number of hydrogen-bond acceptors (Lipinski definition) is 4. The van der Waals surface area contributed by atoms with Gasteiger partial charge < -0.3 is 14.2 Å². The Morgan fingerprint density at radius 3 is 2.42 bits per heavy atom. The van der Waals surface area contributed by atoms with Gasteiger partial charge in [-0.3, -0.25) is 4.79 Å². The van der Waals surface area contributed by atoms with E-state index in [9.17, 15) is 4.79 Å². The lowest BCUT2D eigenvalue weighted by molar-refractivity contribution is -0.195. The first kappa shape index (κ1) is 9.48. The molecule has 1 saturated heterocycles. The minimum absolute atomic E-state index is 0.306. The highest BCUT2D eigenvalue weighted by molar-refractivity contribution is 5.72. The summed E-state index contributed by atoms with van der Waals surface area (Å²) in [5.74, 6) is -1.49. The molecule has 0 aromatic carbocycles. The highest BCUT2D eigenvalue weighted by Gasteiger charge is 2.41. The van der Waals surface area contributed by atoms with Crippen molar-refractivity contribution in [2.24, 2.45) is 5.92 Å². The maximum absolute atomic E-state index is 11.1. The topological polar surface area (TPSA) is 44.8 Å². The molecule has 0 saturated carbocycles. The van der Waals surface area contributed by atoms with Crippen LogP contribution in [0.25, 0.3) is 0 Å². The van der Waals surface area contributed by atoms with Crippen molar-refractivity contribution in [1.29, 1.82) is 0 Å². The molecule has 0 bridgehead atoms. The van der Waals surface area contributed by atoms with E-state index in [1.54, 1.807) is 13.8 Å². The van der Waals surface area contributed by atoms with E-state index in [1.165, 1.54) is 7.11 Å². The number of hydrogen-bond donors (Lipinski definition) is 0. The molecule has 1 aliphatic rings. The van der Waals surface area contributed by atoms with Crippen molar-refractivity contribution in [3.63, 3.8) is 0 Å². The van der Waals surface area contributed by atoms with Crippen molar-refractivity contribution in [3.05, 3.63) is 0 Å². The molecular formula is C8H14O4. The van der Waals surface area contributed by atoms with Gasteiger partial charge in [-0.25, -0.2) is 0 Å². The lowest BCUT2D eigenvalue weighted by atomic mass is 10.0. The number of esters is 1. The third-order valence-corrected chi connectivity index (χ3v) is 2.20. The van der Waals surface area contributed by atoms with E-state index in [0.29, 0.717) is 13.2 Å². The van der Waals surface area contributed by atoms with E-state index < -0.39 is 5.79 Å². The zero-order chi connectivity index (χ0) is 9.19. The third-order valence-electron chi connectivity index (χ3n) is 2.20. The molecular weight excluding hydrogens is 160 g/mol. The van der Waals surface area contributed by atoms with Crippen LogP contribution < -0.4 is 0 Å². The van der Waals surface area contributed by atoms with Gasteiger partial charge in [0.1, 0.15) is 5.92 Å². The van der Waals surface area contributed by atoms with Crippen LogP contribution in [0.1, 0.15) is 13.8 Å². The second kappa shape index (κ2) is 3.41. The van der Waals surface area contributed by atoms with Crippen LogP contribution in [0.4, 0.5) is 0 Å². The molecule has 0 aromatic heterocycles. The molecule has 0 spiro atoms. The molecule has 0 aliphatic carbocycles. The van der Waals surface area contributed by atoms with Gasteiger partial charge in [0.05, 0.1) is 20.3 Å². The van der Waals surface area contributed by atoms with Crippen LogP contribution in [0, 0.1) is 5.92 Å². The van der Waals surface area contributed by atoms with Gasteiger partial charge in [0, 0.05) is 0 Å². The number of ether oxygens (including phenoxy) is 3. The number of carbonyl (C=O) groups is 1. The van der Waals surface area contributed by atoms with Gasteiger partial charge in [-0.15, -0.1) is 0 Å². The Labute approximate surface area is 71.8 Å². The van der Waals surface area contributed by atoms with Gasteiger partial charge in [0.2, 0.25) is 0 Å². The highest BCUT2D eigenvalue weighted by Crippen LogP contribution is 2.28. The van der Waals surface area contributed by atoms with E-state index in [0.717, 1.165) is 0 Å². The monoisotopic (exact) mass is 174 g/mol. The Kier molecular flexibility index (Phi) is 2.69. The summed E-state index contributed by atoms with van der Waals surface area (Å²) >= 11 is 0. The number of carbonyl (C=O) groups excluding carboxylic acids is 1. The van der Waals surface area contributed by atoms with Crippen molar-refractivity contribution in [1.82, 2.24) is 0 Å². The van der Waals surface area contributed by atoms with Gasteiger partial charge in [-0.2, -0.15) is 0 Å². The molecule has 1 heterocycles. The predicted molar refractivity (Wildman–Crippen MR) is 41.5 cm³/mol. The van der Waals surface area contributed by atoms with Crippen LogP contribution in [0.3, 0.4) is 0 Å². The van der Waals surface area contributed by atoms with Crippen LogP contribution in [-0.4, -0.2) is 32.1 Å². The minimum Gasteiger partial charge on any atom is -0.469 e. The van der Waals surface area contributed by atoms with Crippen molar-refractivity contribution in [2.75, 3.05) is 20.3 Å². The summed E-state index contributed by atoms with van der Waals surface area (Å²) in [4.78, 5) is 11.1. The molecule has 0 aromatic rings. The second-order valence-electron chi connectivity index (χ2n) is 2.96. The van der Waals surface area contributed by atoms with Gasteiger partial charge in [0.25, 0.3) is 0 Å². The third kappa shape index (κ3) is 1.59. The number of rotatable bonds is 2. The Balaban J connectivity index is 2.61. The summed E-state index contributed by atoms with van der Waals surface area (Å²) in [6, 6.07) is 0. The van der Waals surface area contributed by atoms with Crippen molar-refractivity contribution < 1.29 is 19.0 Å². The first-order valence-corrected chi connectivity index (χ1v) is 3.96. The molecule has 4 nitrogen and oxygen atoms in total. The summed E-state index contributed by atoms with van der Waals surface area (Å²) in [5, 5.41) is 0. The predicted octanol–water partition coefficient (Wildman–Crippen LogP) is 0.558. The molecule has 0 N–H and O–H groups in total. The van der Waals surface area contributed by atoms with E-state index in [2.05, 4.69) is 4.74 Å². The normalized spacial score (nSPS) is 23.6. The summed E-state index contributed by atoms with van der Waals surface area (Å²) in [5.41, 5.74) is 0. The molecule has 1 aliphatic heterocycles. The fourth-order valence-electron chi connectivity index (χ4n) is 1.17. The average Bonchev–Trinajstić information content (AvgIpc) is 2.50. The quantitative estimate of drug-likeness (QED) is 0.574. The molecule has 1 fully saturated rings. The lowest BCUT2D eigenvalue weighted by Gasteiger charge is -2.27. The second-order valence-corrected chi connectivity index (χ2v) is 2.96. The molecule has 12 heavy (non-hydrogen) atoms. The Morgan fingerprint density at radius 1 is 1.50 bits per heavy atom. The van der Waals surface area contributed by atoms with Crippen LogP contribution in [0.2, 0.25) is 0 Å². The van der Waals surface area contributed by atoms with Gasteiger partial charge in [-0.05, 0) is 13.8 Å². The van der Waals surface area contributed by atoms with Crippen LogP contribution in [-0.2, 0) is 19.0 Å². The number of methoxy groups -OCH3 is 1. The van der Waals surface area contributed by atoms with Crippen LogP contribution in [0.15, 0.2) is 0 Å². The first-order valence-electron chi connectivity index (χ1n) is 3.96. The lowest BCUT2D eigenvalue weighted by Crippen LogP contribution is -2.39. The molecule has 1 atom stereocenters. The van der Waals surface area contributed by atoms with E-state index in [4.69, 9.17) is 9.47 Å². The maximum Gasteiger partial charge on any atom is 0.313 e. The van der Waals surface area contributed by atoms with Crippen molar-refractivity contribution >= 4 is 5.97 Å². The molecule has 0 amide bonds. The van der Waals surface area contributed by atoms with Crippen LogP contribution >= 0.6 is 0 Å². The molecule has 1 rings (SSSR count). The van der Waals surface area contributed by atoms with E-state index in [1.807, 2.05) is 0 Å². The summed E-state index contributed by atoms with van der Waals surface area (Å²) in [7, 11) is 1.36. The summed E-state index contributed by atoms with van der Waals surface area (Å²) in [6.07, 6.45) is 0. The van der Waals surface area contributed by atoms with Crippen LogP contribution in [0.5, 0.6) is 0 Å². The van der Waals surface area contributed by atoms with E-state index in [-0.39, 0.29) is 11.9 Å². The Morgan fingerprint density at radius 2 is 2.00 bits per heavy atom. The van der Waals surface area contributed by atoms with Crippen molar-refractivity contribution in [2.45, 2.75) is 19.6 Å². The zero-order valence-corrected chi connectivity index (χ0v) is 7.62. The highest BCUT2D eigenvalue weighted by atomic mass is 16.7. The first-order chi connectivity index (χ1) is 5.60. The molecule has 1 unspecified atom stereocenters. The standard InChI is InChI=1S/C8H14O4/c1-6(7(9)10-3)8(2)11-4-5-12-8/h6H,4-5H2,1-3H3. The Bertz CT molecular complexity index is 172. The SMILES string of the molecule is COC(=O)C(C)C1(C)OCCO1. The maximum atomic E-state index is 11.1. The minimum atomic E-state index is -0.799. The summed E-state index contributed by atoms with van der Waals surface area (Å²) < 4.78 is 15.2. The molecule has 4 heteroatoms. The fraction of sp³-hybridized carbons (Fsp3) is 0.875. The van der Waals surface area contributed by atoms with Gasteiger partial charge in [0.15, 0.2) is 5.79 Å². The van der Waals surface area contributed by atoms with Gasteiger partial charge in [-0.1, -0.05) is 0 Å². The smallest absolute Gasteiger partial charge is 0.313 e. The fourth-order valence-corrected chi connectivity index (χ4v) is 1.17. The van der Waals surface area contributed by atoms with E-state index >= 15 is 0 Å². The average molecular weight is 174 g/mol.